The topological polar surface area (TPSA) is 82.5 Å². The van der Waals surface area contributed by atoms with Crippen LogP contribution in [0.4, 0.5) is 5.82 Å². The van der Waals surface area contributed by atoms with Crippen LogP contribution in [0.5, 0.6) is 5.75 Å². The molecule has 2 N–H and O–H groups in total. The molecule has 1 aliphatic heterocycles. The van der Waals surface area contributed by atoms with Crippen molar-refractivity contribution < 1.29 is 14.7 Å². The van der Waals surface area contributed by atoms with E-state index >= 15 is 0 Å². The zero-order valence-corrected chi connectivity index (χ0v) is 15.2. The Labute approximate surface area is 156 Å². The minimum Gasteiger partial charge on any atom is -0.507 e. The molecule has 2 aromatic rings. The predicted molar refractivity (Wildman–Crippen MR) is 99.3 cm³/mol. The molecule has 3 rings (SSSR count). The van der Waals surface area contributed by atoms with E-state index in [2.05, 4.69) is 10.3 Å². The molecular formula is C19H20ClN3O3. The monoisotopic (exact) mass is 373 g/mol. The average Bonchev–Trinajstić information content (AvgIpc) is 2.63. The number of carbonyl (C=O) groups excluding carboxylic acids is 2. The number of phenols is 1. The van der Waals surface area contributed by atoms with Gasteiger partial charge in [-0.05, 0) is 49.6 Å². The number of hydrogen-bond acceptors (Lipinski definition) is 4. The molecule has 1 fully saturated rings. The van der Waals surface area contributed by atoms with Crippen molar-refractivity contribution in [2.45, 2.75) is 19.8 Å². The van der Waals surface area contributed by atoms with Gasteiger partial charge in [0.2, 0.25) is 5.91 Å². The number of benzene rings is 1. The molecule has 7 heteroatoms. The lowest BCUT2D eigenvalue weighted by atomic mass is 9.95. The van der Waals surface area contributed by atoms with Crippen LogP contribution in [0.25, 0.3) is 0 Å². The van der Waals surface area contributed by atoms with E-state index in [-0.39, 0.29) is 23.5 Å². The zero-order chi connectivity index (χ0) is 18.7. The molecule has 6 nitrogen and oxygen atoms in total. The van der Waals surface area contributed by atoms with Crippen LogP contribution in [0.1, 0.15) is 28.8 Å². The molecule has 2 amide bonds. The number of aromatic nitrogens is 1. The second-order valence-electron chi connectivity index (χ2n) is 6.44. The van der Waals surface area contributed by atoms with Gasteiger partial charge in [0.25, 0.3) is 5.91 Å². The number of hydrogen-bond donors (Lipinski definition) is 2. The van der Waals surface area contributed by atoms with Crippen molar-refractivity contribution in [1.82, 2.24) is 9.88 Å². The van der Waals surface area contributed by atoms with E-state index in [0.29, 0.717) is 42.3 Å². The summed E-state index contributed by atoms with van der Waals surface area (Å²) in [5.74, 6) is -0.0415. The van der Waals surface area contributed by atoms with E-state index in [1.165, 1.54) is 6.20 Å². The molecular weight excluding hydrogens is 354 g/mol. The fraction of sp³-hybridized carbons (Fsp3) is 0.316. The Hall–Kier alpha value is -2.60. The number of likely N-dealkylation sites (tertiary alicyclic amines) is 1. The summed E-state index contributed by atoms with van der Waals surface area (Å²) >= 11 is 5.78. The predicted octanol–water partition coefficient (Wildman–Crippen LogP) is 3.24. The molecule has 26 heavy (non-hydrogen) atoms. The van der Waals surface area contributed by atoms with E-state index in [1.54, 1.807) is 35.2 Å². The lowest BCUT2D eigenvalue weighted by Crippen LogP contribution is -2.41. The lowest BCUT2D eigenvalue weighted by Gasteiger charge is -2.31. The van der Waals surface area contributed by atoms with E-state index in [1.807, 2.05) is 6.92 Å². The first-order chi connectivity index (χ1) is 12.4. The Bertz CT molecular complexity index is 815. The summed E-state index contributed by atoms with van der Waals surface area (Å²) in [6.07, 6.45) is 2.61. The van der Waals surface area contributed by atoms with Gasteiger partial charge in [-0.15, -0.1) is 0 Å². The van der Waals surface area contributed by atoms with E-state index in [4.69, 9.17) is 11.6 Å². The lowest BCUT2D eigenvalue weighted by molar-refractivity contribution is -0.121. The van der Waals surface area contributed by atoms with Crippen molar-refractivity contribution in [1.29, 1.82) is 0 Å². The van der Waals surface area contributed by atoms with Gasteiger partial charge in [-0.25, -0.2) is 4.98 Å². The first kappa shape index (κ1) is 18.2. The van der Waals surface area contributed by atoms with Gasteiger partial charge in [0.05, 0.1) is 10.6 Å². The van der Waals surface area contributed by atoms with Crippen LogP contribution in [0.3, 0.4) is 0 Å². The molecule has 0 saturated carbocycles. The Kier molecular flexibility index (Phi) is 5.42. The van der Waals surface area contributed by atoms with Crippen LogP contribution in [0, 0.1) is 12.8 Å². The second kappa shape index (κ2) is 7.74. The third-order valence-electron chi connectivity index (χ3n) is 4.52. The van der Waals surface area contributed by atoms with Crippen LogP contribution < -0.4 is 5.32 Å². The fourth-order valence-corrected chi connectivity index (χ4v) is 3.13. The van der Waals surface area contributed by atoms with Gasteiger partial charge in [-0.3, -0.25) is 9.59 Å². The van der Waals surface area contributed by atoms with Crippen molar-refractivity contribution in [2.75, 3.05) is 18.4 Å². The molecule has 1 saturated heterocycles. The third kappa shape index (κ3) is 4.14. The smallest absolute Gasteiger partial charge is 0.257 e. The summed E-state index contributed by atoms with van der Waals surface area (Å²) in [7, 11) is 0. The molecule has 0 bridgehead atoms. The number of halogens is 1. The van der Waals surface area contributed by atoms with Crippen LogP contribution in [0.2, 0.25) is 5.02 Å². The van der Waals surface area contributed by atoms with Crippen molar-refractivity contribution in [3.63, 3.8) is 0 Å². The quantitative estimate of drug-likeness (QED) is 0.865. The summed E-state index contributed by atoms with van der Waals surface area (Å²) < 4.78 is 0. The summed E-state index contributed by atoms with van der Waals surface area (Å²) in [6, 6.07) is 8.33. The highest BCUT2D eigenvalue weighted by Gasteiger charge is 2.28. The van der Waals surface area contributed by atoms with E-state index in [9.17, 15) is 14.7 Å². The average molecular weight is 374 g/mol. The third-order valence-corrected chi connectivity index (χ3v) is 4.74. The zero-order valence-electron chi connectivity index (χ0n) is 14.4. The number of amides is 2. The van der Waals surface area contributed by atoms with E-state index in [0.717, 1.165) is 5.56 Å². The minimum absolute atomic E-state index is 0.0105. The van der Waals surface area contributed by atoms with Crippen LogP contribution in [0.15, 0.2) is 36.5 Å². The van der Waals surface area contributed by atoms with Crippen molar-refractivity contribution in [2.24, 2.45) is 5.92 Å². The number of aromatic hydroxyl groups is 1. The Morgan fingerprint density at radius 2 is 1.96 bits per heavy atom. The van der Waals surface area contributed by atoms with Gasteiger partial charge in [0.15, 0.2) is 0 Å². The van der Waals surface area contributed by atoms with Crippen molar-refractivity contribution in [3.8, 4) is 5.75 Å². The highest BCUT2D eigenvalue weighted by atomic mass is 35.5. The first-order valence-corrected chi connectivity index (χ1v) is 8.83. The van der Waals surface area contributed by atoms with E-state index < -0.39 is 0 Å². The number of nitrogens with zero attached hydrogens (tertiary/aromatic N) is 2. The molecule has 0 atom stereocenters. The summed E-state index contributed by atoms with van der Waals surface area (Å²) in [4.78, 5) is 30.7. The summed E-state index contributed by atoms with van der Waals surface area (Å²) in [5.41, 5.74) is 1.19. The Balaban J connectivity index is 1.57. The number of piperidine rings is 1. The van der Waals surface area contributed by atoms with Crippen LogP contribution in [-0.4, -0.2) is 39.9 Å². The number of pyridine rings is 1. The van der Waals surface area contributed by atoms with Crippen molar-refractivity contribution in [3.05, 3.63) is 52.7 Å². The molecule has 0 unspecified atom stereocenters. The standard InChI is InChI=1S/C19H20ClN3O3/c1-12-2-4-15(16(24)10-12)19(26)23-8-6-13(7-9-23)18(25)22-17-5-3-14(20)11-21-17/h2-5,10-11,13,24H,6-9H2,1H3,(H,21,22,25). The molecule has 0 radical (unpaired) electrons. The molecule has 1 aromatic heterocycles. The van der Waals surface area contributed by atoms with Gasteiger partial charge >= 0.3 is 0 Å². The summed E-state index contributed by atoms with van der Waals surface area (Å²) in [5, 5.41) is 13.3. The van der Waals surface area contributed by atoms with Crippen LogP contribution >= 0.6 is 11.6 Å². The Morgan fingerprint density at radius 1 is 1.23 bits per heavy atom. The maximum Gasteiger partial charge on any atom is 0.257 e. The van der Waals surface area contributed by atoms with Crippen molar-refractivity contribution >= 4 is 29.2 Å². The van der Waals surface area contributed by atoms with Gasteiger partial charge in [0, 0.05) is 25.2 Å². The molecule has 136 valence electrons. The molecule has 1 aliphatic rings. The summed E-state index contributed by atoms with van der Waals surface area (Å²) in [6.45, 7) is 2.80. The molecule has 0 spiro atoms. The fourth-order valence-electron chi connectivity index (χ4n) is 3.02. The molecule has 1 aromatic carbocycles. The number of rotatable bonds is 3. The normalized spacial score (nSPS) is 14.9. The number of phenolic OH excluding ortho intramolecular Hbond substituents is 1. The second-order valence-corrected chi connectivity index (χ2v) is 6.87. The number of anilines is 1. The number of nitrogens with one attached hydrogen (secondary N) is 1. The highest BCUT2D eigenvalue weighted by molar-refractivity contribution is 6.30. The maximum atomic E-state index is 12.6. The maximum absolute atomic E-state index is 12.6. The minimum atomic E-state index is -0.208. The van der Waals surface area contributed by atoms with Gasteiger partial charge in [0.1, 0.15) is 11.6 Å². The molecule has 2 heterocycles. The Morgan fingerprint density at radius 3 is 2.58 bits per heavy atom. The van der Waals surface area contributed by atoms with Gasteiger partial charge in [-0.2, -0.15) is 0 Å². The van der Waals surface area contributed by atoms with Gasteiger partial charge in [-0.1, -0.05) is 17.7 Å². The highest BCUT2D eigenvalue weighted by Crippen LogP contribution is 2.24. The molecule has 0 aliphatic carbocycles. The number of carbonyl (C=O) groups is 2. The largest absolute Gasteiger partial charge is 0.507 e. The number of aryl methyl sites for hydroxylation is 1. The van der Waals surface area contributed by atoms with Gasteiger partial charge < -0.3 is 15.3 Å². The SMILES string of the molecule is Cc1ccc(C(=O)N2CCC(C(=O)Nc3ccc(Cl)cn3)CC2)c(O)c1. The van der Waals surface area contributed by atoms with Crippen LogP contribution in [-0.2, 0) is 4.79 Å². The first-order valence-electron chi connectivity index (χ1n) is 8.45.